The van der Waals surface area contributed by atoms with Gasteiger partial charge < -0.3 is 0 Å². The Bertz CT molecular complexity index is 161. The molecule has 2 fully saturated rings. The van der Waals surface area contributed by atoms with Crippen molar-refractivity contribution >= 4 is 0 Å². The number of unbranched alkanes of at least 4 members (excludes halogenated alkanes) is 2. The first-order valence-corrected chi connectivity index (χ1v) is 6.92. The molecule has 0 spiro atoms. The monoisotopic (exact) mass is 194 g/mol. The molecular formula is C14H26. The molecule has 0 N–H and O–H groups in total. The van der Waals surface area contributed by atoms with E-state index < -0.39 is 0 Å². The first kappa shape index (κ1) is 10.5. The standard InChI is InChI=1S/C14H26/c1-2-3-4-7-12-10-11-13-8-5-6-9-14(12)13/h12-14H,2-11H2,1H3. The lowest BCUT2D eigenvalue weighted by Crippen LogP contribution is -2.19. The van der Waals surface area contributed by atoms with Crippen LogP contribution in [0.15, 0.2) is 0 Å². The molecule has 0 saturated heterocycles. The van der Waals surface area contributed by atoms with Crippen molar-refractivity contribution in [1.29, 1.82) is 0 Å². The smallest absolute Gasteiger partial charge is 0.0357 e. The fraction of sp³-hybridized carbons (Fsp3) is 1.00. The highest BCUT2D eigenvalue weighted by molar-refractivity contribution is 4.87. The zero-order chi connectivity index (χ0) is 9.80. The average molecular weight is 194 g/mol. The van der Waals surface area contributed by atoms with Gasteiger partial charge in [-0.2, -0.15) is 0 Å². The molecule has 0 aromatic carbocycles. The molecule has 0 bridgehead atoms. The van der Waals surface area contributed by atoms with E-state index in [0.717, 1.165) is 17.8 Å². The first-order valence-electron chi connectivity index (χ1n) is 6.92. The summed E-state index contributed by atoms with van der Waals surface area (Å²) >= 11 is 0. The van der Waals surface area contributed by atoms with Crippen LogP contribution >= 0.6 is 0 Å². The second-order valence-corrected chi connectivity index (χ2v) is 5.54. The Morgan fingerprint density at radius 1 is 0.929 bits per heavy atom. The Balaban J connectivity index is 1.76. The summed E-state index contributed by atoms with van der Waals surface area (Å²) in [6, 6.07) is 0. The predicted octanol–water partition coefficient (Wildman–Crippen LogP) is 4.78. The van der Waals surface area contributed by atoms with Crippen molar-refractivity contribution < 1.29 is 0 Å². The van der Waals surface area contributed by atoms with Crippen LogP contribution in [0.5, 0.6) is 0 Å². The van der Waals surface area contributed by atoms with Gasteiger partial charge >= 0.3 is 0 Å². The minimum atomic E-state index is 1.13. The Morgan fingerprint density at radius 3 is 2.64 bits per heavy atom. The molecule has 3 unspecified atom stereocenters. The van der Waals surface area contributed by atoms with Crippen molar-refractivity contribution in [3.63, 3.8) is 0 Å². The van der Waals surface area contributed by atoms with Gasteiger partial charge in [-0.3, -0.25) is 0 Å². The number of hydrogen-bond donors (Lipinski definition) is 0. The summed E-state index contributed by atoms with van der Waals surface area (Å²) in [5, 5.41) is 0. The van der Waals surface area contributed by atoms with Gasteiger partial charge in [-0.15, -0.1) is 0 Å². The van der Waals surface area contributed by atoms with Crippen molar-refractivity contribution in [2.24, 2.45) is 17.8 Å². The predicted molar refractivity (Wildman–Crippen MR) is 62.3 cm³/mol. The van der Waals surface area contributed by atoms with Gasteiger partial charge in [0.2, 0.25) is 0 Å². The molecule has 0 aromatic heterocycles. The van der Waals surface area contributed by atoms with E-state index in [1.165, 1.54) is 32.1 Å². The molecule has 3 atom stereocenters. The SMILES string of the molecule is CCCCCC1CCC2CCCCC12. The van der Waals surface area contributed by atoms with Gasteiger partial charge in [0.15, 0.2) is 0 Å². The van der Waals surface area contributed by atoms with Crippen LogP contribution in [-0.4, -0.2) is 0 Å². The van der Waals surface area contributed by atoms with Crippen LogP contribution in [-0.2, 0) is 0 Å². The van der Waals surface area contributed by atoms with Gasteiger partial charge in [0.25, 0.3) is 0 Å². The van der Waals surface area contributed by atoms with E-state index in [-0.39, 0.29) is 0 Å². The Hall–Kier alpha value is 0. The lowest BCUT2D eigenvalue weighted by Gasteiger charge is -2.29. The summed E-state index contributed by atoms with van der Waals surface area (Å²) < 4.78 is 0. The third-order valence-corrected chi connectivity index (χ3v) is 4.66. The zero-order valence-corrected chi connectivity index (χ0v) is 9.80. The number of hydrogen-bond acceptors (Lipinski definition) is 0. The Labute approximate surface area is 89.5 Å². The Kier molecular flexibility index (Phi) is 3.89. The van der Waals surface area contributed by atoms with Crippen LogP contribution < -0.4 is 0 Å². The minimum Gasteiger partial charge on any atom is -0.0654 e. The van der Waals surface area contributed by atoms with Crippen molar-refractivity contribution in [3.05, 3.63) is 0 Å². The second kappa shape index (κ2) is 5.19. The molecule has 2 rings (SSSR count). The zero-order valence-electron chi connectivity index (χ0n) is 9.80. The molecule has 0 aromatic rings. The lowest BCUT2D eigenvalue weighted by molar-refractivity contribution is 0.218. The van der Waals surface area contributed by atoms with Gasteiger partial charge in [0.1, 0.15) is 0 Å². The fourth-order valence-corrected chi connectivity index (χ4v) is 3.87. The first-order chi connectivity index (χ1) is 6.92. The van der Waals surface area contributed by atoms with E-state index in [9.17, 15) is 0 Å². The molecular weight excluding hydrogens is 168 g/mol. The van der Waals surface area contributed by atoms with E-state index >= 15 is 0 Å². The highest BCUT2D eigenvalue weighted by Crippen LogP contribution is 2.47. The molecule has 0 aliphatic heterocycles. The summed E-state index contributed by atoms with van der Waals surface area (Å²) in [5.74, 6) is 3.43. The molecule has 14 heavy (non-hydrogen) atoms. The topological polar surface area (TPSA) is 0 Å². The minimum absolute atomic E-state index is 1.13. The molecule has 0 nitrogen and oxygen atoms in total. The van der Waals surface area contributed by atoms with Crippen LogP contribution in [0.3, 0.4) is 0 Å². The van der Waals surface area contributed by atoms with Crippen LogP contribution in [0.2, 0.25) is 0 Å². The number of fused-ring (bicyclic) bond motifs is 1. The maximum Gasteiger partial charge on any atom is -0.0357 e. The quantitative estimate of drug-likeness (QED) is 0.565. The van der Waals surface area contributed by atoms with E-state index in [4.69, 9.17) is 0 Å². The van der Waals surface area contributed by atoms with Gasteiger partial charge in [0.05, 0.1) is 0 Å². The molecule has 0 radical (unpaired) electrons. The van der Waals surface area contributed by atoms with Crippen LogP contribution in [0, 0.1) is 17.8 Å². The summed E-state index contributed by atoms with van der Waals surface area (Å²) in [7, 11) is 0. The molecule has 2 aliphatic rings. The normalized spacial score (nSPS) is 37.1. The van der Waals surface area contributed by atoms with E-state index in [1.54, 1.807) is 32.1 Å². The van der Waals surface area contributed by atoms with E-state index in [2.05, 4.69) is 6.92 Å². The number of rotatable bonds is 4. The molecule has 2 aliphatic carbocycles. The molecule has 82 valence electrons. The van der Waals surface area contributed by atoms with Gasteiger partial charge in [-0.05, 0) is 37.0 Å². The van der Waals surface area contributed by atoms with Crippen LogP contribution in [0.4, 0.5) is 0 Å². The van der Waals surface area contributed by atoms with E-state index in [1.807, 2.05) is 0 Å². The van der Waals surface area contributed by atoms with Crippen molar-refractivity contribution in [3.8, 4) is 0 Å². The fourth-order valence-electron chi connectivity index (χ4n) is 3.87. The third-order valence-electron chi connectivity index (χ3n) is 4.66. The summed E-state index contributed by atoms with van der Waals surface area (Å²) in [5.41, 5.74) is 0. The highest BCUT2D eigenvalue weighted by Gasteiger charge is 2.36. The molecule has 0 heterocycles. The van der Waals surface area contributed by atoms with Gasteiger partial charge in [-0.1, -0.05) is 51.9 Å². The summed E-state index contributed by atoms with van der Waals surface area (Å²) in [4.78, 5) is 0. The van der Waals surface area contributed by atoms with E-state index in [0.29, 0.717) is 0 Å². The molecule has 0 amide bonds. The maximum absolute atomic E-state index is 2.32. The maximum atomic E-state index is 2.32. The average Bonchev–Trinajstić information content (AvgIpc) is 2.63. The van der Waals surface area contributed by atoms with Crippen LogP contribution in [0.25, 0.3) is 0 Å². The van der Waals surface area contributed by atoms with Crippen molar-refractivity contribution in [2.45, 2.75) is 71.1 Å². The van der Waals surface area contributed by atoms with Crippen molar-refractivity contribution in [2.75, 3.05) is 0 Å². The Morgan fingerprint density at radius 2 is 1.79 bits per heavy atom. The molecule has 2 saturated carbocycles. The summed E-state index contributed by atoms with van der Waals surface area (Å²) in [6.45, 7) is 2.32. The molecule has 0 heteroatoms. The second-order valence-electron chi connectivity index (χ2n) is 5.54. The van der Waals surface area contributed by atoms with Crippen LogP contribution in [0.1, 0.15) is 71.1 Å². The third kappa shape index (κ3) is 2.32. The highest BCUT2D eigenvalue weighted by atomic mass is 14.4. The van der Waals surface area contributed by atoms with Crippen molar-refractivity contribution in [1.82, 2.24) is 0 Å². The lowest BCUT2D eigenvalue weighted by atomic mass is 9.77. The summed E-state index contributed by atoms with van der Waals surface area (Å²) in [6.07, 6.45) is 15.2. The van der Waals surface area contributed by atoms with Gasteiger partial charge in [0, 0.05) is 0 Å². The van der Waals surface area contributed by atoms with Gasteiger partial charge in [-0.25, -0.2) is 0 Å². The largest absolute Gasteiger partial charge is 0.0654 e.